The van der Waals surface area contributed by atoms with Crippen LogP contribution in [0.1, 0.15) is 30.0 Å². The molecule has 2 aromatic heterocycles. The number of fused-ring (bicyclic) bond motifs is 1. The fraction of sp³-hybridized carbons (Fsp3) is 0.304. The summed E-state index contributed by atoms with van der Waals surface area (Å²) in [4.78, 5) is 2.58. The van der Waals surface area contributed by atoms with E-state index in [1.807, 2.05) is 4.57 Å². The maximum absolute atomic E-state index is 3.90. The number of hydrogen-bond acceptors (Lipinski definition) is 3. The van der Waals surface area contributed by atoms with Gasteiger partial charge in [0.25, 0.3) is 0 Å². The van der Waals surface area contributed by atoms with Crippen LogP contribution in [0, 0.1) is 0 Å². The first-order valence-electron chi connectivity index (χ1n) is 10.0. The average molecular weight is 371 g/mol. The third-order valence-corrected chi connectivity index (χ3v) is 5.82. The highest BCUT2D eigenvalue weighted by atomic mass is 15.2. The van der Waals surface area contributed by atoms with E-state index in [0.717, 1.165) is 26.2 Å². The number of nitrogens with zero attached hydrogens (tertiary/aromatic N) is 5. The molecule has 1 aliphatic heterocycles. The van der Waals surface area contributed by atoms with E-state index in [1.54, 1.807) is 12.7 Å². The molecule has 1 fully saturated rings. The molecular weight excluding hydrogens is 346 g/mol. The van der Waals surface area contributed by atoms with Crippen LogP contribution in [0.3, 0.4) is 0 Å². The Labute approximate surface area is 165 Å². The Hall–Kier alpha value is -2.92. The van der Waals surface area contributed by atoms with Crippen LogP contribution >= 0.6 is 0 Å². The molecule has 0 radical (unpaired) electrons. The predicted octanol–water partition coefficient (Wildman–Crippen LogP) is 4.12. The van der Waals surface area contributed by atoms with Crippen molar-refractivity contribution in [1.82, 2.24) is 24.2 Å². The second-order valence-electron chi connectivity index (χ2n) is 7.74. The first kappa shape index (κ1) is 17.2. The van der Waals surface area contributed by atoms with E-state index >= 15 is 0 Å². The van der Waals surface area contributed by atoms with Crippen molar-refractivity contribution in [1.29, 1.82) is 0 Å². The van der Waals surface area contributed by atoms with E-state index in [4.69, 9.17) is 0 Å². The largest absolute Gasteiger partial charge is 0.344 e. The van der Waals surface area contributed by atoms with Gasteiger partial charge < -0.3 is 9.13 Å². The summed E-state index contributed by atoms with van der Waals surface area (Å²) in [6.45, 7) is 4.17. The van der Waals surface area contributed by atoms with Crippen LogP contribution in [0.2, 0.25) is 0 Å². The molecule has 0 bridgehead atoms. The van der Waals surface area contributed by atoms with Gasteiger partial charge in [-0.05, 0) is 41.5 Å². The first-order chi connectivity index (χ1) is 13.8. The van der Waals surface area contributed by atoms with Crippen LogP contribution in [0.25, 0.3) is 10.9 Å². The number of rotatable bonds is 5. The molecule has 5 rings (SSSR count). The molecule has 5 heteroatoms. The maximum atomic E-state index is 3.90. The van der Waals surface area contributed by atoms with Crippen LogP contribution in [0.15, 0.2) is 73.4 Å². The third kappa shape index (κ3) is 3.58. The Balaban J connectivity index is 1.30. The highest BCUT2D eigenvalue weighted by Gasteiger charge is 2.21. The van der Waals surface area contributed by atoms with Crippen LogP contribution in [-0.2, 0) is 13.1 Å². The lowest BCUT2D eigenvalue weighted by Crippen LogP contribution is -2.34. The Bertz CT molecular complexity index is 1030. The van der Waals surface area contributed by atoms with Gasteiger partial charge >= 0.3 is 0 Å². The van der Waals surface area contributed by atoms with Gasteiger partial charge in [0.1, 0.15) is 12.7 Å². The Morgan fingerprint density at radius 1 is 0.821 bits per heavy atom. The minimum absolute atomic E-state index is 0.578. The van der Waals surface area contributed by atoms with Crippen molar-refractivity contribution in [3.63, 3.8) is 0 Å². The summed E-state index contributed by atoms with van der Waals surface area (Å²) in [5.41, 5.74) is 4.03. The highest BCUT2D eigenvalue weighted by molar-refractivity contribution is 5.81. The van der Waals surface area contributed by atoms with Crippen molar-refractivity contribution in [2.24, 2.45) is 0 Å². The number of hydrogen-bond donors (Lipinski definition) is 0. The van der Waals surface area contributed by atoms with Gasteiger partial charge in [0, 0.05) is 37.4 Å². The van der Waals surface area contributed by atoms with Gasteiger partial charge in [-0.2, -0.15) is 0 Å². The summed E-state index contributed by atoms with van der Waals surface area (Å²) >= 11 is 0. The molecule has 0 amide bonds. The second kappa shape index (κ2) is 7.60. The van der Waals surface area contributed by atoms with Crippen LogP contribution in [0.4, 0.5) is 0 Å². The molecule has 0 unspecified atom stereocenters. The minimum atomic E-state index is 0.578. The van der Waals surface area contributed by atoms with Crippen LogP contribution < -0.4 is 0 Å². The molecule has 142 valence electrons. The molecule has 1 saturated heterocycles. The van der Waals surface area contributed by atoms with Crippen LogP contribution in [0.5, 0.6) is 0 Å². The van der Waals surface area contributed by atoms with Gasteiger partial charge in [0.15, 0.2) is 0 Å². The molecule has 28 heavy (non-hydrogen) atoms. The molecule has 0 N–H and O–H groups in total. The summed E-state index contributed by atoms with van der Waals surface area (Å²) in [5.74, 6) is 0. The van der Waals surface area contributed by atoms with Crippen molar-refractivity contribution in [3.05, 3.63) is 84.6 Å². The third-order valence-electron chi connectivity index (χ3n) is 5.82. The summed E-state index contributed by atoms with van der Waals surface area (Å²) < 4.78 is 4.50. The molecule has 3 heterocycles. The van der Waals surface area contributed by atoms with Gasteiger partial charge in [-0.1, -0.05) is 42.5 Å². The Morgan fingerprint density at radius 2 is 1.61 bits per heavy atom. The van der Waals surface area contributed by atoms with Crippen molar-refractivity contribution in [2.45, 2.75) is 32.0 Å². The fourth-order valence-corrected chi connectivity index (χ4v) is 4.32. The molecule has 2 aromatic carbocycles. The number of piperidine rings is 1. The van der Waals surface area contributed by atoms with E-state index in [2.05, 4.69) is 80.5 Å². The molecule has 4 aromatic rings. The van der Waals surface area contributed by atoms with Crippen molar-refractivity contribution >= 4 is 10.9 Å². The Kier molecular flexibility index (Phi) is 4.67. The van der Waals surface area contributed by atoms with Gasteiger partial charge in [-0.25, -0.2) is 0 Å². The van der Waals surface area contributed by atoms with Gasteiger partial charge in [-0.3, -0.25) is 4.90 Å². The summed E-state index contributed by atoms with van der Waals surface area (Å²) in [7, 11) is 0. The van der Waals surface area contributed by atoms with Crippen molar-refractivity contribution in [3.8, 4) is 0 Å². The van der Waals surface area contributed by atoms with Gasteiger partial charge in [0.2, 0.25) is 0 Å². The number of aromatic nitrogens is 4. The molecule has 1 aliphatic rings. The normalized spacial score (nSPS) is 16.0. The quantitative estimate of drug-likeness (QED) is 0.530. The molecule has 0 aliphatic carbocycles. The zero-order valence-corrected chi connectivity index (χ0v) is 16.0. The van der Waals surface area contributed by atoms with Crippen molar-refractivity contribution in [2.75, 3.05) is 13.1 Å². The van der Waals surface area contributed by atoms with E-state index < -0.39 is 0 Å². The zero-order chi connectivity index (χ0) is 18.8. The monoisotopic (exact) mass is 371 g/mol. The SMILES string of the molecule is c1ccc(CN2CCC(n3ccc4ccc(Cn5cnnc5)cc43)CC2)cc1. The molecular formula is C23H25N5. The van der Waals surface area contributed by atoms with E-state index in [1.165, 1.54) is 34.9 Å². The van der Waals surface area contributed by atoms with Gasteiger partial charge in [0.05, 0.1) is 6.54 Å². The number of likely N-dealkylation sites (tertiary alicyclic amines) is 1. The lowest BCUT2D eigenvalue weighted by atomic mass is 10.0. The maximum Gasteiger partial charge on any atom is 0.119 e. The first-order valence-corrected chi connectivity index (χ1v) is 10.0. The molecule has 5 nitrogen and oxygen atoms in total. The predicted molar refractivity (Wildman–Crippen MR) is 111 cm³/mol. The Morgan fingerprint density at radius 3 is 2.39 bits per heavy atom. The smallest absolute Gasteiger partial charge is 0.119 e. The zero-order valence-electron chi connectivity index (χ0n) is 16.0. The topological polar surface area (TPSA) is 38.9 Å². The summed E-state index contributed by atoms with van der Waals surface area (Å²) in [6, 6.07) is 20.4. The van der Waals surface area contributed by atoms with Crippen molar-refractivity contribution < 1.29 is 0 Å². The fourth-order valence-electron chi connectivity index (χ4n) is 4.32. The van der Waals surface area contributed by atoms with E-state index in [0.29, 0.717) is 6.04 Å². The summed E-state index contributed by atoms with van der Waals surface area (Å²) in [5, 5.41) is 9.12. The molecule has 0 saturated carbocycles. The summed E-state index contributed by atoms with van der Waals surface area (Å²) in [6.07, 6.45) is 8.21. The molecule has 0 spiro atoms. The average Bonchev–Trinajstić information content (AvgIpc) is 3.39. The standard InChI is InChI=1S/C23H25N5/c1-2-4-19(5-3-1)15-26-11-9-22(10-12-26)28-13-8-21-7-6-20(14-23(21)28)16-27-17-24-25-18-27/h1-8,13-14,17-18,22H,9-12,15-16H2. The minimum Gasteiger partial charge on any atom is -0.344 e. The number of benzene rings is 2. The molecule has 0 atom stereocenters. The highest BCUT2D eigenvalue weighted by Crippen LogP contribution is 2.29. The van der Waals surface area contributed by atoms with Crippen LogP contribution in [-0.4, -0.2) is 37.3 Å². The van der Waals surface area contributed by atoms with Gasteiger partial charge in [-0.15, -0.1) is 10.2 Å². The van der Waals surface area contributed by atoms with E-state index in [-0.39, 0.29) is 0 Å². The second-order valence-corrected chi connectivity index (χ2v) is 7.74. The van der Waals surface area contributed by atoms with E-state index in [9.17, 15) is 0 Å². The lowest BCUT2D eigenvalue weighted by molar-refractivity contribution is 0.181. The lowest BCUT2D eigenvalue weighted by Gasteiger charge is -2.33.